The summed E-state index contributed by atoms with van der Waals surface area (Å²) in [5, 5.41) is 2.94. The Kier molecular flexibility index (Phi) is 4.51. The lowest BCUT2D eigenvalue weighted by atomic mass is 10.2. The number of carbonyl (C=O) groups is 1. The van der Waals surface area contributed by atoms with Crippen LogP contribution in [0.5, 0.6) is 5.75 Å². The molecule has 24 heavy (non-hydrogen) atoms. The fourth-order valence-corrected chi connectivity index (χ4v) is 2.71. The molecule has 0 aliphatic rings. The zero-order chi connectivity index (χ0) is 17.1. The van der Waals surface area contributed by atoms with Crippen LogP contribution in [0.4, 0.5) is 0 Å². The number of fused-ring (bicyclic) bond motifs is 1. The minimum atomic E-state index is -0.0983. The predicted octanol–water partition coefficient (Wildman–Crippen LogP) is 3.14. The van der Waals surface area contributed by atoms with Crippen molar-refractivity contribution in [2.45, 2.75) is 26.8 Å². The zero-order valence-electron chi connectivity index (χ0n) is 14.2. The maximum Gasteiger partial charge on any atom is 0.253 e. The number of carbonyl (C=O) groups excluding carboxylic acids is 1. The normalized spacial score (nSPS) is 10.8. The Bertz CT molecular complexity index is 866. The molecular weight excluding hydrogens is 302 g/mol. The van der Waals surface area contributed by atoms with E-state index in [1.165, 1.54) is 0 Å². The van der Waals surface area contributed by atoms with Crippen molar-refractivity contribution < 1.29 is 9.53 Å². The first-order valence-electron chi connectivity index (χ1n) is 8.01. The van der Waals surface area contributed by atoms with Gasteiger partial charge in [-0.25, -0.2) is 4.98 Å². The Labute approximate surface area is 141 Å². The number of imidazole rings is 1. The van der Waals surface area contributed by atoms with E-state index in [-0.39, 0.29) is 5.91 Å². The van der Waals surface area contributed by atoms with Gasteiger partial charge in [-0.15, -0.1) is 0 Å². The average molecular weight is 323 g/mol. The van der Waals surface area contributed by atoms with Gasteiger partial charge in [0, 0.05) is 18.4 Å². The third-order valence-corrected chi connectivity index (χ3v) is 4.16. The van der Waals surface area contributed by atoms with Crippen LogP contribution in [0.3, 0.4) is 0 Å². The highest BCUT2D eigenvalue weighted by Gasteiger charge is 2.10. The standard InChI is InChI=1S/C19H21N3O2/c1-4-17-13(2)22-12-15(7-10-18(22)21-17)19(23)20-11-14-5-8-16(24-3)9-6-14/h5-10,12H,4,11H2,1-3H3,(H,20,23). The lowest BCUT2D eigenvalue weighted by Crippen LogP contribution is -2.23. The van der Waals surface area contributed by atoms with Crippen molar-refractivity contribution in [1.29, 1.82) is 0 Å². The maximum absolute atomic E-state index is 12.4. The lowest BCUT2D eigenvalue weighted by Gasteiger charge is -2.07. The number of pyridine rings is 1. The molecule has 5 nitrogen and oxygen atoms in total. The summed E-state index contributed by atoms with van der Waals surface area (Å²) in [7, 11) is 1.63. The van der Waals surface area contributed by atoms with Crippen molar-refractivity contribution in [2.75, 3.05) is 7.11 Å². The molecule has 0 aliphatic carbocycles. The second kappa shape index (κ2) is 6.74. The Morgan fingerprint density at radius 3 is 2.62 bits per heavy atom. The molecule has 3 aromatic rings. The summed E-state index contributed by atoms with van der Waals surface area (Å²) in [6.45, 7) is 4.58. The highest BCUT2D eigenvalue weighted by molar-refractivity contribution is 5.94. The number of methoxy groups -OCH3 is 1. The summed E-state index contributed by atoms with van der Waals surface area (Å²) in [5.41, 5.74) is 4.66. The van der Waals surface area contributed by atoms with Crippen LogP contribution in [-0.4, -0.2) is 22.4 Å². The van der Waals surface area contributed by atoms with Crippen LogP contribution >= 0.6 is 0 Å². The monoisotopic (exact) mass is 323 g/mol. The number of nitrogens with one attached hydrogen (secondary N) is 1. The molecule has 5 heteroatoms. The summed E-state index contributed by atoms with van der Waals surface area (Å²) in [4.78, 5) is 17.0. The van der Waals surface area contributed by atoms with Gasteiger partial charge in [0.15, 0.2) is 0 Å². The van der Waals surface area contributed by atoms with E-state index in [0.29, 0.717) is 12.1 Å². The molecule has 0 saturated heterocycles. The quantitative estimate of drug-likeness (QED) is 0.785. The predicted molar refractivity (Wildman–Crippen MR) is 93.5 cm³/mol. The van der Waals surface area contributed by atoms with Gasteiger partial charge in [-0.1, -0.05) is 19.1 Å². The third kappa shape index (κ3) is 3.11. The van der Waals surface area contributed by atoms with E-state index in [1.54, 1.807) is 7.11 Å². The number of aromatic nitrogens is 2. The number of hydrogen-bond acceptors (Lipinski definition) is 3. The fraction of sp³-hybridized carbons (Fsp3) is 0.263. The van der Waals surface area contributed by atoms with Crippen LogP contribution < -0.4 is 10.1 Å². The first-order chi connectivity index (χ1) is 11.6. The van der Waals surface area contributed by atoms with Gasteiger partial charge in [-0.05, 0) is 43.2 Å². The molecule has 2 aromatic heterocycles. The van der Waals surface area contributed by atoms with Crippen molar-refractivity contribution in [3.63, 3.8) is 0 Å². The Hall–Kier alpha value is -2.82. The molecule has 0 aliphatic heterocycles. The van der Waals surface area contributed by atoms with E-state index in [4.69, 9.17) is 4.74 Å². The van der Waals surface area contributed by atoms with Crippen molar-refractivity contribution in [3.05, 3.63) is 65.1 Å². The second-order valence-corrected chi connectivity index (χ2v) is 5.67. The van der Waals surface area contributed by atoms with Crippen molar-refractivity contribution >= 4 is 11.6 Å². The molecule has 0 radical (unpaired) electrons. The molecule has 2 heterocycles. The fourth-order valence-electron chi connectivity index (χ4n) is 2.71. The van der Waals surface area contributed by atoms with Gasteiger partial charge in [0.2, 0.25) is 0 Å². The van der Waals surface area contributed by atoms with Gasteiger partial charge < -0.3 is 14.5 Å². The molecule has 0 saturated carbocycles. The Morgan fingerprint density at radius 2 is 1.96 bits per heavy atom. The van der Waals surface area contributed by atoms with E-state index in [9.17, 15) is 4.79 Å². The van der Waals surface area contributed by atoms with Crippen LogP contribution in [0.25, 0.3) is 5.65 Å². The molecule has 0 spiro atoms. The average Bonchev–Trinajstić information content (AvgIpc) is 2.95. The molecule has 3 rings (SSSR count). The molecule has 0 fully saturated rings. The highest BCUT2D eigenvalue weighted by atomic mass is 16.5. The largest absolute Gasteiger partial charge is 0.497 e. The van der Waals surface area contributed by atoms with Gasteiger partial charge in [-0.2, -0.15) is 0 Å². The van der Waals surface area contributed by atoms with Crippen LogP contribution in [-0.2, 0) is 13.0 Å². The number of nitrogens with zero attached hydrogens (tertiary/aromatic N) is 2. The van der Waals surface area contributed by atoms with Gasteiger partial charge in [0.1, 0.15) is 11.4 Å². The summed E-state index contributed by atoms with van der Waals surface area (Å²) in [6.07, 6.45) is 2.73. The molecule has 1 amide bonds. The summed E-state index contributed by atoms with van der Waals surface area (Å²) >= 11 is 0. The summed E-state index contributed by atoms with van der Waals surface area (Å²) in [6, 6.07) is 11.3. The summed E-state index contributed by atoms with van der Waals surface area (Å²) < 4.78 is 7.10. The first-order valence-corrected chi connectivity index (χ1v) is 8.01. The first kappa shape index (κ1) is 16.1. The van der Waals surface area contributed by atoms with Gasteiger partial charge >= 0.3 is 0 Å². The highest BCUT2D eigenvalue weighted by Crippen LogP contribution is 2.14. The minimum Gasteiger partial charge on any atom is -0.497 e. The topological polar surface area (TPSA) is 55.6 Å². The molecule has 0 bridgehead atoms. The number of amides is 1. The summed E-state index contributed by atoms with van der Waals surface area (Å²) in [5.74, 6) is 0.705. The van der Waals surface area contributed by atoms with Gasteiger partial charge in [0.05, 0.1) is 18.4 Å². The number of hydrogen-bond donors (Lipinski definition) is 1. The smallest absolute Gasteiger partial charge is 0.253 e. The van der Waals surface area contributed by atoms with Crippen molar-refractivity contribution in [1.82, 2.24) is 14.7 Å². The van der Waals surface area contributed by atoms with E-state index >= 15 is 0 Å². The number of benzene rings is 1. The van der Waals surface area contributed by atoms with E-state index in [1.807, 2.05) is 53.9 Å². The Balaban J connectivity index is 1.74. The molecular formula is C19H21N3O2. The number of ether oxygens (including phenoxy) is 1. The third-order valence-electron chi connectivity index (χ3n) is 4.16. The van der Waals surface area contributed by atoms with Crippen LogP contribution in [0.1, 0.15) is 34.2 Å². The second-order valence-electron chi connectivity index (χ2n) is 5.67. The number of aryl methyl sites for hydroxylation is 2. The van der Waals surface area contributed by atoms with E-state index in [0.717, 1.165) is 34.8 Å². The Morgan fingerprint density at radius 1 is 1.21 bits per heavy atom. The molecule has 124 valence electrons. The van der Waals surface area contributed by atoms with Gasteiger partial charge in [-0.3, -0.25) is 4.79 Å². The maximum atomic E-state index is 12.4. The minimum absolute atomic E-state index is 0.0983. The molecule has 1 aromatic carbocycles. The van der Waals surface area contributed by atoms with Crippen LogP contribution in [0.15, 0.2) is 42.6 Å². The van der Waals surface area contributed by atoms with Crippen molar-refractivity contribution in [3.8, 4) is 5.75 Å². The van der Waals surface area contributed by atoms with E-state index < -0.39 is 0 Å². The van der Waals surface area contributed by atoms with Crippen molar-refractivity contribution in [2.24, 2.45) is 0 Å². The van der Waals surface area contributed by atoms with Gasteiger partial charge in [0.25, 0.3) is 5.91 Å². The van der Waals surface area contributed by atoms with E-state index in [2.05, 4.69) is 17.2 Å². The van der Waals surface area contributed by atoms with Crippen LogP contribution in [0.2, 0.25) is 0 Å². The van der Waals surface area contributed by atoms with Crippen LogP contribution in [0, 0.1) is 6.92 Å². The lowest BCUT2D eigenvalue weighted by molar-refractivity contribution is 0.0950. The zero-order valence-corrected chi connectivity index (χ0v) is 14.2. The number of rotatable bonds is 5. The molecule has 0 unspecified atom stereocenters. The molecule has 1 N–H and O–H groups in total. The SMILES string of the molecule is CCc1nc2ccc(C(=O)NCc3ccc(OC)cc3)cn2c1C. The molecule has 0 atom stereocenters.